The number of hydrogen-bond donors (Lipinski definition) is 3. The minimum absolute atomic E-state index is 0. The number of aromatic nitrogens is 6. The third kappa shape index (κ3) is 16.6. The Kier molecular flexibility index (Phi) is 21.9. The average molecular weight is 1360 g/mol. The van der Waals surface area contributed by atoms with Crippen molar-refractivity contribution in [3.63, 3.8) is 0 Å². The molecule has 2 amide bonds. The second-order valence-electron chi connectivity index (χ2n) is 22.5. The molecular weight excluding hydrogens is 1290 g/mol. The molecule has 13 rings (SSSR count). The molecule has 4 aliphatic heterocycles. The van der Waals surface area contributed by atoms with Gasteiger partial charge in [0.25, 0.3) is 0 Å². The van der Waals surface area contributed by atoms with E-state index in [-0.39, 0.29) is 44.7 Å². The molecule has 3 aromatic carbocycles. The predicted molar refractivity (Wildman–Crippen MR) is 352 cm³/mol. The summed E-state index contributed by atoms with van der Waals surface area (Å²) in [6, 6.07) is 28.6. The number of ether oxygens (including phenoxy) is 4. The van der Waals surface area contributed by atoms with E-state index in [1.165, 1.54) is 6.08 Å². The molecule has 20 nitrogen and oxygen atoms in total. The third-order valence-corrected chi connectivity index (χ3v) is 17.4. The van der Waals surface area contributed by atoms with Crippen molar-refractivity contribution < 1.29 is 58.3 Å². The largest absolute Gasteiger partial charge is 0.494 e. The maximum atomic E-state index is 12.1. The van der Waals surface area contributed by atoms with Gasteiger partial charge in [0, 0.05) is 87.9 Å². The van der Waals surface area contributed by atoms with Gasteiger partial charge >= 0.3 is 13.2 Å². The van der Waals surface area contributed by atoms with Gasteiger partial charge in [-0.25, -0.2) is 29.7 Å². The van der Waals surface area contributed by atoms with Crippen LogP contribution in [0.2, 0.25) is 5.28 Å². The van der Waals surface area contributed by atoms with Gasteiger partial charge < -0.3 is 54.0 Å². The van der Waals surface area contributed by atoms with Crippen LogP contribution in [0.1, 0.15) is 48.5 Å². The smallest absolute Gasteiger partial charge is 0.444 e. The van der Waals surface area contributed by atoms with Crippen LogP contribution >= 0.6 is 45.6 Å². The number of carbonyl (C=O) groups excluding carboxylic acids is 2. The Morgan fingerprint density at radius 2 is 1.03 bits per heavy atom. The number of carbonyl (C=O) groups is 2. The summed E-state index contributed by atoms with van der Waals surface area (Å²) in [5.41, 5.74) is 12.1. The van der Waals surface area contributed by atoms with Gasteiger partial charge in [-0.1, -0.05) is 43.0 Å². The van der Waals surface area contributed by atoms with E-state index < -0.39 is 11.7 Å². The second kappa shape index (κ2) is 29.3. The van der Waals surface area contributed by atoms with Crippen molar-refractivity contribution in [2.45, 2.75) is 65.3 Å². The Hall–Kier alpha value is -6.72. The van der Waals surface area contributed by atoms with Crippen LogP contribution in [-0.2, 0) is 53.5 Å². The van der Waals surface area contributed by atoms with Crippen LogP contribution in [0.25, 0.3) is 53.4 Å². The monoisotopic (exact) mass is 1360 g/mol. The van der Waals surface area contributed by atoms with Crippen LogP contribution in [-0.4, -0.2) is 145 Å². The molecule has 4 aliphatic rings. The number of nitrogens with one attached hydrogen (secondary N) is 2. The van der Waals surface area contributed by atoms with Crippen molar-refractivity contribution in [2.24, 2.45) is 0 Å². The van der Waals surface area contributed by atoms with Gasteiger partial charge in [-0.3, -0.25) is 10.1 Å². The maximum absolute atomic E-state index is 12.1. The predicted octanol–water partition coefficient (Wildman–Crippen LogP) is 11.6. The van der Waals surface area contributed by atoms with Crippen molar-refractivity contribution in [3.8, 4) is 22.8 Å². The van der Waals surface area contributed by atoms with Crippen molar-refractivity contribution in [1.82, 2.24) is 29.9 Å². The summed E-state index contributed by atoms with van der Waals surface area (Å²) in [6.07, 6.45) is 0.759. The summed E-state index contributed by atoms with van der Waals surface area (Å²) in [7, 11) is -0.325. The molecule has 88 heavy (non-hydrogen) atoms. The van der Waals surface area contributed by atoms with E-state index in [2.05, 4.69) is 41.9 Å². The van der Waals surface area contributed by atoms with Gasteiger partial charge in [-0.15, -0.1) is 34.0 Å². The molecule has 0 atom stereocenters. The minimum atomic E-state index is -0.554. The second-order valence-corrected chi connectivity index (χ2v) is 25.6. The quantitative estimate of drug-likeness (QED) is 0.0528. The first-order valence-corrected chi connectivity index (χ1v) is 31.6. The molecule has 9 aromatic rings. The summed E-state index contributed by atoms with van der Waals surface area (Å²) in [6.45, 7) is 26.4. The fraction of sp³-hybridized carbons (Fsp3) is 0.355. The number of benzene rings is 3. The van der Waals surface area contributed by atoms with Crippen LogP contribution in [0.5, 0.6) is 0 Å². The van der Waals surface area contributed by atoms with E-state index in [0.29, 0.717) is 54.7 Å². The van der Waals surface area contributed by atoms with Crippen molar-refractivity contribution in [3.05, 3.63) is 125 Å². The molecule has 0 bridgehead atoms. The van der Waals surface area contributed by atoms with Crippen LogP contribution < -0.4 is 36.5 Å². The van der Waals surface area contributed by atoms with Crippen LogP contribution in [0.3, 0.4) is 0 Å². The normalized spacial score (nSPS) is 16.3. The Bertz CT molecular complexity index is 3850. The summed E-state index contributed by atoms with van der Waals surface area (Å²) in [5, 5.41) is 11.9. The Morgan fingerprint density at radius 3 is 1.47 bits per heavy atom. The number of halogens is 1. The fourth-order valence-electron chi connectivity index (χ4n) is 9.51. The molecule has 6 aromatic heterocycles. The number of nitrogen functional groups attached to an aromatic ring is 1. The van der Waals surface area contributed by atoms with Gasteiger partial charge in [0.1, 0.15) is 5.60 Å². The van der Waals surface area contributed by atoms with Gasteiger partial charge in [0.2, 0.25) is 11.2 Å². The third-order valence-electron chi connectivity index (χ3n) is 14.5. The standard InChI is InChI=1S/C21H24N4O3S.C19H18N4O2S.C12H18BNO2.C10H10ClN3OS.Pd/c1-21(2,3)28-20(26)22-15-6-4-5-14(13-15)18-23-16-7-12-29-17(16)19(24-18)25-8-10-27-11-9-25;1-2-16(24)20-14-5-3-4-13(12-14)18-21-15-6-11-26-17(15)19(22-18)23-7-9-25-10-8-23;1-11(2)12(3,4)16-13(15-11)9-6-5-7-10(14)8-9;11-10-12-7-1-6-16-8(7)9(13-10)14-2-4-15-5-3-14;/h4-7,12-13H,8-11H2,1-3H3,(H,22,26);2-6,11-12H,1,7-10H2,(H,20,24);5-8H,14H2,1-4H3;1,6H,2-5H2;. The molecule has 464 valence electrons. The topological polar surface area (TPSA) is 227 Å². The van der Waals surface area contributed by atoms with Crippen molar-refractivity contribution >= 4 is 135 Å². The van der Waals surface area contributed by atoms with Crippen molar-refractivity contribution in [1.29, 1.82) is 0 Å². The number of anilines is 6. The summed E-state index contributed by atoms with van der Waals surface area (Å²) >= 11 is 10.9. The minimum Gasteiger partial charge on any atom is -0.444 e. The molecule has 0 unspecified atom stereocenters. The number of fused-ring (bicyclic) bond motifs is 3. The zero-order valence-electron chi connectivity index (χ0n) is 50.0. The van der Waals surface area contributed by atoms with E-state index in [9.17, 15) is 9.59 Å². The zero-order valence-corrected chi connectivity index (χ0v) is 54.8. The molecule has 0 saturated carbocycles. The van der Waals surface area contributed by atoms with E-state index in [1.807, 2.05) is 156 Å². The first-order valence-electron chi connectivity index (χ1n) is 28.5. The van der Waals surface area contributed by atoms with Gasteiger partial charge in [-0.05, 0) is 142 Å². The average Bonchev–Trinajstić information content (AvgIpc) is 1.87. The van der Waals surface area contributed by atoms with E-state index in [0.717, 1.165) is 123 Å². The Morgan fingerprint density at radius 1 is 0.614 bits per heavy atom. The summed E-state index contributed by atoms with van der Waals surface area (Å²) in [5.74, 6) is 3.86. The number of amides is 2. The van der Waals surface area contributed by atoms with Crippen molar-refractivity contribution in [2.75, 3.05) is 110 Å². The molecule has 0 aliphatic carbocycles. The van der Waals surface area contributed by atoms with E-state index >= 15 is 0 Å². The number of thiophene rings is 3. The number of nitrogens with zero attached hydrogens (tertiary/aromatic N) is 9. The number of nitrogens with two attached hydrogens (primary N) is 1. The summed E-state index contributed by atoms with van der Waals surface area (Å²) in [4.78, 5) is 58.0. The molecule has 4 fully saturated rings. The van der Waals surface area contributed by atoms with Gasteiger partial charge in [0.05, 0.1) is 81.5 Å². The molecule has 0 spiro atoms. The van der Waals surface area contributed by atoms with E-state index in [4.69, 9.17) is 65.5 Å². The zero-order chi connectivity index (χ0) is 61.3. The SMILES string of the molecule is C=CC(=O)Nc1cccc(-c2nc(N3CCOCC3)c3sccc3n2)c1.CC(C)(C)OC(=O)Nc1cccc(-c2nc(N3CCOCC3)c3sccc3n2)c1.CC1(C)OB(c2cccc(N)c2)OC1(C)C.Clc1nc(N2CCOCC2)c2sccc2n1.[Pd]. The molecule has 10 heterocycles. The Labute approximate surface area is 542 Å². The summed E-state index contributed by atoms with van der Waals surface area (Å²) < 4.78 is 36.7. The molecule has 4 saturated heterocycles. The number of rotatable bonds is 9. The maximum Gasteiger partial charge on any atom is 0.494 e. The molecule has 4 N–H and O–H groups in total. The first-order chi connectivity index (χ1) is 41.8. The first kappa shape index (κ1) is 65.7. The van der Waals surface area contributed by atoms with Crippen LogP contribution in [0.4, 0.5) is 39.3 Å². The number of hydrogen-bond acceptors (Lipinski definition) is 21. The number of morpholine rings is 3. The molecule has 26 heteroatoms. The van der Waals surface area contributed by atoms with E-state index in [1.54, 1.807) is 34.0 Å². The Balaban J connectivity index is 0.000000144. The van der Waals surface area contributed by atoms with Gasteiger partial charge in [-0.2, -0.15) is 4.98 Å². The molecule has 0 radical (unpaired) electrons. The molecular formula is C62H70BClN12O8PdS3. The van der Waals surface area contributed by atoms with Gasteiger partial charge in [0.15, 0.2) is 29.1 Å². The van der Waals surface area contributed by atoms with Crippen LogP contribution in [0.15, 0.2) is 120 Å². The fourth-order valence-corrected chi connectivity index (χ4v) is 12.2. The van der Waals surface area contributed by atoms with Crippen LogP contribution in [0, 0.1) is 0 Å².